The highest BCUT2D eigenvalue weighted by molar-refractivity contribution is 7.89. The molecule has 0 aliphatic heterocycles. The maximum atomic E-state index is 13.6. The van der Waals surface area contributed by atoms with Gasteiger partial charge in [-0.15, -0.1) is 0 Å². The fourth-order valence-electron chi connectivity index (χ4n) is 1.95. The minimum Gasteiger partial charge on any atom is -0.258 e. The first-order chi connectivity index (χ1) is 11.2. The van der Waals surface area contributed by atoms with Crippen LogP contribution in [0.4, 0.5) is 10.1 Å². The Bertz CT molecular complexity index is 926. The Labute approximate surface area is 138 Å². The number of nitro benzene ring substituents is 1. The highest BCUT2D eigenvalue weighted by atomic mass is 32.2. The van der Waals surface area contributed by atoms with E-state index in [0.29, 0.717) is 5.56 Å². The van der Waals surface area contributed by atoms with Crippen molar-refractivity contribution in [3.63, 3.8) is 0 Å². The molecule has 0 bridgehead atoms. The Kier molecular flexibility index (Phi) is 4.93. The van der Waals surface area contributed by atoms with Crippen LogP contribution in [0.2, 0.25) is 0 Å². The maximum Gasteiger partial charge on any atom is 0.276 e. The molecule has 0 saturated carbocycles. The second kappa shape index (κ2) is 6.75. The number of aryl methyl sites for hydroxylation is 1. The van der Waals surface area contributed by atoms with Crippen LogP contribution in [0.15, 0.2) is 52.5 Å². The average Bonchev–Trinajstić information content (AvgIpc) is 2.53. The van der Waals surface area contributed by atoms with Gasteiger partial charge in [0.05, 0.1) is 15.5 Å². The summed E-state index contributed by atoms with van der Waals surface area (Å²) in [5.74, 6) is -0.538. The van der Waals surface area contributed by atoms with Gasteiger partial charge in [-0.1, -0.05) is 24.3 Å². The Morgan fingerprint density at radius 1 is 1.25 bits per heavy atom. The summed E-state index contributed by atoms with van der Waals surface area (Å²) < 4.78 is 38.0. The van der Waals surface area contributed by atoms with E-state index in [9.17, 15) is 22.9 Å². The minimum atomic E-state index is -4.11. The van der Waals surface area contributed by atoms with Crippen LogP contribution in [-0.2, 0) is 10.0 Å². The topological polar surface area (TPSA) is 102 Å². The zero-order chi connectivity index (χ0) is 17.9. The van der Waals surface area contributed by atoms with Crippen molar-refractivity contribution >= 4 is 21.4 Å². The lowest BCUT2D eigenvalue weighted by atomic mass is 10.1. The van der Waals surface area contributed by atoms with Gasteiger partial charge in [0.25, 0.3) is 15.7 Å². The molecule has 0 unspecified atom stereocenters. The van der Waals surface area contributed by atoms with Gasteiger partial charge >= 0.3 is 0 Å². The molecular weight excluding hydrogens is 337 g/mol. The number of nitrogens with one attached hydrogen (secondary N) is 1. The molecule has 0 amide bonds. The summed E-state index contributed by atoms with van der Waals surface area (Å²) in [7, 11) is -4.11. The molecule has 0 aromatic heterocycles. The summed E-state index contributed by atoms with van der Waals surface area (Å²) >= 11 is 0. The van der Waals surface area contributed by atoms with Crippen LogP contribution in [0.1, 0.15) is 18.1 Å². The monoisotopic (exact) mass is 351 g/mol. The number of hydrogen-bond acceptors (Lipinski definition) is 5. The van der Waals surface area contributed by atoms with Crippen molar-refractivity contribution < 1.29 is 17.7 Å². The molecule has 2 aromatic carbocycles. The van der Waals surface area contributed by atoms with Crippen molar-refractivity contribution in [3.05, 3.63) is 69.5 Å². The summed E-state index contributed by atoms with van der Waals surface area (Å²) in [5, 5.41) is 14.6. The molecule has 0 aliphatic rings. The fraction of sp³-hybridized carbons (Fsp3) is 0.133. The Morgan fingerprint density at radius 2 is 1.92 bits per heavy atom. The summed E-state index contributed by atoms with van der Waals surface area (Å²) in [6.07, 6.45) is 0. The van der Waals surface area contributed by atoms with Crippen molar-refractivity contribution in [3.8, 4) is 0 Å². The molecule has 24 heavy (non-hydrogen) atoms. The molecule has 2 aromatic rings. The van der Waals surface area contributed by atoms with E-state index in [1.807, 2.05) is 4.83 Å². The molecular formula is C15H14FN3O4S. The molecule has 2 rings (SSSR count). The molecule has 9 heteroatoms. The second-order valence-electron chi connectivity index (χ2n) is 4.98. The van der Waals surface area contributed by atoms with Gasteiger partial charge in [-0.05, 0) is 26.0 Å². The average molecular weight is 351 g/mol. The third-order valence-electron chi connectivity index (χ3n) is 3.28. The van der Waals surface area contributed by atoms with E-state index in [2.05, 4.69) is 5.10 Å². The van der Waals surface area contributed by atoms with E-state index in [4.69, 9.17) is 0 Å². The Morgan fingerprint density at radius 3 is 2.54 bits per heavy atom. The summed E-state index contributed by atoms with van der Waals surface area (Å²) in [4.78, 5) is 11.9. The number of rotatable bonds is 5. The number of sulfonamides is 1. The number of benzene rings is 2. The van der Waals surface area contributed by atoms with Crippen LogP contribution < -0.4 is 4.83 Å². The summed E-state index contributed by atoms with van der Waals surface area (Å²) in [5.41, 5.74) is 0.297. The molecule has 0 spiro atoms. The molecule has 126 valence electrons. The predicted octanol–water partition coefficient (Wildman–Crippen LogP) is 2.74. The van der Waals surface area contributed by atoms with E-state index < -0.39 is 20.8 Å². The van der Waals surface area contributed by atoms with E-state index in [-0.39, 0.29) is 21.9 Å². The van der Waals surface area contributed by atoms with Crippen LogP contribution in [0.3, 0.4) is 0 Å². The minimum absolute atomic E-state index is 0.123. The van der Waals surface area contributed by atoms with Gasteiger partial charge in [-0.2, -0.15) is 18.4 Å². The number of halogens is 1. The van der Waals surface area contributed by atoms with E-state index >= 15 is 0 Å². The zero-order valence-electron chi connectivity index (χ0n) is 12.9. The molecule has 0 saturated heterocycles. The smallest absolute Gasteiger partial charge is 0.258 e. The molecule has 0 fully saturated rings. The van der Waals surface area contributed by atoms with Gasteiger partial charge < -0.3 is 0 Å². The van der Waals surface area contributed by atoms with E-state index in [0.717, 1.165) is 6.07 Å². The molecule has 7 nitrogen and oxygen atoms in total. The van der Waals surface area contributed by atoms with Gasteiger partial charge in [-0.3, -0.25) is 10.1 Å². The van der Waals surface area contributed by atoms with Gasteiger partial charge in [0.15, 0.2) is 0 Å². The van der Waals surface area contributed by atoms with E-state index in [1.165, 1.54) is 44.2 Å². The van der Waals surface area contributed by atoms with Crippen LogP contribution in [0.5, 0.6) is 0 Å². The van der Waals surface area contributed by atoms with Crippen LogP contribution in [-0.4, -0.2) is 19.1 Å². The summed E-state index contributed by atoms with van der Waals surface area (Å²) in [6, 6.07) is 9.30. The van der Waals surface area contributed by atoms with Crippen molar-refractivity contribution in [2.75, 3.05) is 0 Å². The molecule has 0 radical (unpaired) electrons. The van der Waals surface area contributed by atoms with Crippen molar-refractivity contribution in [2.45, 2.75) is 18.7 Å². The van der Waals surface area contributed by atoms with Gasteiger partial charge in [-0.25, -0.2) is 4.39 Å². The van der Waals surface area contributed by atoms with Crippen LogP contribution in [0, 0.1) is 22.9 Å². The molecule has 0 aliphatic carbocycles. The number of hydrazone groups is 1. The Hall–Kier alpha value is -2.81. The number of hydrogen-bond donors (Lipinski definition) is 1. The van der Waals surface area contributed by atoms with E-state index in [1.54, 1.807) is 6.07 Å². The lowest BCUT2D eigenvalue weighted by Gasteiger charge is -2.07. The number of nitro groups is 1. The van der Waals surface area contributed by atoms with Crippen LogP contribution in [0.25, 0.3) is 0 Å². The third kappa shape index (κ3) is 3.74. The quantitative estimate of drug-likeness (QED) is 0.508. The van der Waals surface area contributed by atoms with Gasteiger partial charge in [0.1, 0.15) is 5.82 Å². The predicted molar refractivity (Wildman–Crippen MR) is 86.8 cm³/mol. The summed E-state index contributed by atoms with van der Waals surface area (Å²) in [6.45, 7) is 2.95. The second-order valence-corrected chi connectivity index (χ2v) is 6.64. The SMILES string of the molecule is C/C(=N/NS(=O)(=O)c1ccc(C)c([N+](=O)[O-])c1)c1ccccc1F. The van der Waals surface area contributed by atoms with Crippen LogP contribution >= 0.6 is 0 Å². The van der Waals surface area contributed by atoms with Gasteiger partial charge in [0, 0.05) is 17.2 Å². The first-order valence-electron chi connectivity index (χ1n) is 6.78. The highest BCUT2D eigenvalue weighted by Crippen LogP contribution is 2.22. The first kappa shape index (κ1) is 17.5. The molecule has 0 heterocycles. The Balaban J connectivity index is 2.32. The molecule has 0 atom stereocenters. The highest BCUT2D eigenvalue weighted by Gasteiger charge is 2.19. The van der Waals surface area contributed by atoms with Crippen molar-refractivity contribution in [1.29, 1.82) is 0 Å². The lowest BCUT2D eigenvalue weighted by molar-refractivity contribution is -0.385. The van der Waals surface area contributed by atoms with Gasteiger partial charge in [0.2, 0.25) is 0 Å². The maximum absolute atomic E-state index is 13.6. The fourth-order valence-corrected chi connectivity index (χ4v) is 2.83. The lowest BCUT2D eigenvalue weighted by Crippen LogP contribution is -2.20. The molecule has 1 N–H and O–H groups in total. The van der Waals surface area contributed by atoms with Crippen molar-refractivity contribution in [1.82, 2.24) is 4.83 Å². The normalized spacial score (nSPS) is 12.0. The third-order valence-corrected chi connectivity index (χ3v) is 4.49. The zero-order valence-corrected chi connectivity index (χ0v) is 13.7. The standard InChI is InChI=1S/C15H14FN3O4S/c1-10-7-8-12(9-15(10)19(20)21)24(22,23)18-17-11(2)13-5-3-4-6-14(13)16/h3-9,18H,1-2H3/b17-11-. The first-order valence-corrected chi connectivity index (χ1v) is 8.27. The number of nitrogens with zero attached hydrogens (tertiary/aromatic N) is 2. The van der Waals surface area contributed by atoms with Crippen molar-refractivity contribution in [2.24, 2.45) is 5.10 Å². The largest absolute Gasteiger partial charge is 0.276 e.